The van der Waals surface area contributed by atoms with Crippen molar-refractivity contribution in [2.24, 2.45) is 0 Å². The van der Waals surface area contributed by atoms with Gasteiger partial charge in [0.15, 0.2) is 0 Å². The Hall–Kier alpha value is -2.03. The normalized spacial score (nSPS) is 14.6. The Kier molecular flexibility index (Phi) is 4.88. The minimum absolute atomic E-state index is 0.568. The van der Waals surface area contributed by atoms with Crippen LogP contribution in [0.15, 0.2) is 60.8 Å². The van der Waals surface area contributed by atoms with E-state index in [1.165, 1.54) is 27.9 Å². The summed E-state index contributed by atoms with van der Waals surface area (Å²) in [6.07, 6.45) is 3.44. The van der Waals surface area contributed by atoms with E-state index in [2.05, 4.69) is 72.0 Å². The van der Waals surface area contributed by atoms with Crippen molar-refractivity contribution in [2.45, 2.75) is 39.4 Å². The molecule has 4 rings (SSSR count). The van der Waals surface area contributed by atoms with Crippen LogP contribution in [0.3, 0.4) is 0 Å². The molecule has 0 spiro atoms. The first-order valence-corrected chi connectivity index (χ1v) is 9.74. The van der Waals surface area contributed by atoms with Gasteiger partial charge in [0.25, 0.3) is 0 Å². The van der Waals surface area contributed by atoms with Gasteiger partial charge in [-0.25, -0.2) is 0 Å². The fourth-order valence-electron chi connectivity index (χ4n) is 3.88. The zero-order valence-electron chi connectivity index (χ0n) is 15.5. The second kappa shape index (κ2) is 7.30. The fourth-order valence-corrected chi connectivity index (χ4v) is 4.01. The van der Waals surface area contributed by atoms with Crippen molar-refractivity contribution >= 4 is 11.6 Å². The molecule has 0 aliphatic carbocycles. The molecule has 26 heavy (non-hydrogen) atoms. The van der Waals surface area contributed by atoms with Crippen LogP contribution in [0.1, 0.15) is 30.7 Å². The van der Waals surface area contributed by atoms with Crippen molar-refractivity contribution in [3.8, 4) is 11.1 Å². The predicted octanol–water partition coefficient (Wildman–Crippen LogP) is 5.62. The van der Waals surface area contributed by atoms with Crippen molar-refractivity contribution in [1.29, 1.82) is 0 Å². The minimum atomic E-state index is 0.568. The van der Waals surface area contributed by atoms with Gasteiger partial charge >= 0.3 is 0 Å². The average Bonchev–Trinajstić information content (AvgIpc) is 3.01. The van der Waals surface area contributed by atoms with Crippen LogP contribution in [0.5, 0.6) is 0 Å². The molecule has 0 saturated carbocycles. The maximum Gasteiger partial charge on any atom is 0.0473 e. The van der Waals surface area contributed by atoms with E-state index < -0.39 is 0 Å². The van der Waals surface area contributed by atoms with Crippen molar-refractivity contribution in [2.75, 3.05) is 6.54 Å². The Morgan fingerprint density at radius 3 is 2.42 bits per heavy atom. The Bertz CT molecular complexity index is 879. The van der Waals surface area contributed by atoms with Crippen LogP contribution in [0.2, 0.25) is 5.02 Å². The lowest BCUT2D eigenvalue weighted by molar-refractivity contribution is 0.201. The van der Waals surface area contributed by atoms with Crippen molar-refractivity contribution in [3.63, 3.8) is 0 Å². The SMILES string of the molecule is CC(C)N1CCc2c(c(-c3ccc(Cl)cc3)cn2Cc2ccccc2)C1. The van der Waals surface area contributed by atoms with E-state index in [4.69, 9.17) is 11.6 Å². The summed E-state index contributed by atoms with van der Waals surface area (Å²) in [5.41, 5.74) is 6.90. The molecule has 1 aliphatic heterocycles. The van der Waals surface area contributed by atoms with Gasteiger partial charge in [0, 0.05) is 54.6 Å². The molecular weight excluding hydrogens is 340 g/mol. The highest BCUT2D eigenvalue weighted by Crippen LogP contribution is 2.34. The molecule has 3 heteroatoms. The summed E-state index contributed by atoms with van der Waals surface area (Å²) >= 11 is 6.11. The molecule has 134 valence electrons. The molecule has 2 nitrogen and oxygen atoms in total. The first kappa shape index (κ1) is 17.4. The van der Waals surface area contributed by atoms with Gasteiger partial charge in [0.05, 0.1) is 0 Å². The van der Waals surface area contributed by atoms with Crippen LogP contribution in [0.25, 0.3) is 11.1 Å². The number of hydrogen-bond acceptors (Lipinski definition) is 1. The number of benzene rings is 2. The van der Waals surface area contributed by atoms with E-state index in [-0.39, 0.29) is 0 Å². The van der Waals surface area contributed by atoms with Gasteiger partial charge in [-0.1, -0.05) is 54.1 Å². The van der Waals surface area contributed by atoms with Crippen molar-refractivity contribution in [3.05, 3.63) is 82.6 Å². The van der Waals surface area contributed by atoms with Crippen LogP contribution < -0.4 is 0 Å². The smallest absolute Gasteiger partial charge is 0.0473 e. The van der Waals surface area contributed by atoms with Gasteiger partial charge in [0.2, 0.25) is 0 Å². The van der Waals surface area contributed by atoms with Gasteiger partial charge in [-0.3, -0.25) is 4.90 Å². The molecule has 1 aliphatic rings. The molecule has 1 aromatic heterocycles. The maximum atomic E-state index is 6.11. The summed E-state index contributed by atoms with van der Waals surface area (Å²) < 4.78 is 2.45. The quantitative estimate of drug-likeness (QED) is 0.583. The highest BCUT2D eigenvalue weighted by Gasteiger charge is 2.25. The summed E-state index contributed by atoms with van der Waals surface area (Å²) in [6, 6.07) is 19.5. The van der Waals surface area contributed by atoms with E-state index >= 15 is 0 Å². The second-order valence-electron chi connectivity index (χ2n) is 7.40. The molecule has 0 N–H and O–H groups in total. The predicted molar refractivity (Wildman–Crippen MR) is 110 cm³/mol. The van der Waals surface area contributed by atoms with Crippen molar-refractivity contribution in [1.82, 2.24) is 9.47 Å². The average molecular weight is 365 g/mol. The molecule has 2 heterocycles. The third-order valence-corrected chi connectivity index (χ3v) is 5.64. The minimum Gasteiger partial charge on any atom is -0.346 e. The lowest BCUT2D eigenvalue weighted by atomic mass is 9.98. The second-order valence-corrected chi connectivity index (χ2v) is 7.84. The Balaban J connectivity index is 1.76. The number of nitrogens with zero attached hydrogens (tertiary/aromatic N) is 2. The number of rotatable bonds is 4. The molecule has 3 aromatic rings. The molecule has 0 fully saturated rings. The third-order valence-electron chi connectivity index (χ3n) is 5.38. The molecule has 0 saturated heterocycles. The zero-order valence-corrected chi connectivity index (χ0v) is 16.2. The van der Waals surface area contributed by atoms with E-state index in [0.29, 0.717) is 6.04 Å². The molecule has 0 bridgehead atoms. The first-order valence-electron chi connectivity index (χ1n) is 9.36. The lowest BCUT2D eigenvalue weighted by Crippen LogP contribution is -2.36. The monoisotopic (exact) mass is 364 g/mol. The Morgan fingerprint density at radius 1 is 1.00 bits per heavy atom. The topological polar surface area (TPSA) is 8.17 Å². The molecule has 0 amide bonds. The summed E-state index contributed by atoms with van der Waals surface area (Å²) in [6.45, 7) is 7.65. The molecule has 0 radical (unpaired) electrons. The molecule has 0 unspecified atom stereocenters. The largest absolute Gasteiger partial charge is 0.346 e. The van der Waals surface area contributed by atoms with E-state index in [1.54, 1.807) is 0 Å². The molecule has 2 aromatic carbocycles. The van der Waals surface area contributed by atoms with Gasteiger partial charge < -0.3 is 4.57 Å². The molecule has 0 atom stereocenters. The summed E-state index contributed by atoms with van der Waals surface area (Å²) in [5, 5.41) is 0.787. The Morgan fingerprint density at radius 2 is 1.73 bits per heavy atom. The number of hydrogen-bond donors (Lipinski definition) is 0. The fraction of sp³-hybridized carbons (Fsp3) is 0.304. The van der Waals surface area contributed by atoms with E-state index in [9.17, 15) is 0 Å². The lowest BCUT2D eigenvalue weighted by Gasteiger charge is -2.31. The van der Waals surface area contributed by atoms with Gasteiger partial charge in [-0.2, -0.15) is 0 Å². The number of aromatic nitrogens is 1. The van der Waals surface area contributed by atoms with Crippen LogP contribution in [-0.4, -0.2) is 22.1 Å². The van der Waals surface area contributed by atoms with Crippen LogP contribution in [-0.2, 0) is 19.5 Å². The third kappa shape index (κ3) is 3.44. The maximum absolute atomic E-state index is 6.11. The van der Waals surface area contributed by atoms with Crippen LogP contribution in [0, 0.1) is 0 Å². The Labute approximate surface area is 161 Å². The number of fused-ring (bicyclic) bond motifs is 1. The highest BCUT2D eigenvalue weighted by molar-refractivity contribution is 6.30. The van der Waals surface area contributed by atoms with Crippen LogP contribution >= 0.6 is 11.6 Å². The zero-order chi connectivity index (χ0) is 18.1. The molecular formula is C23H25ClN2. The van der Waals surface area contributed by atoms with E-state index in [1.807, 2.05) is 12.1 Å². The summed E-state index contributed by atoms with van der Waals surface area (Å²) in [4.78, 5) is 2.56. The van der Waals surface area contributed by atoms with Gasteiger partial charge in [-0.15, -0.1) is 0 Å². The summed E-state index contributed by atoms with van der Waals surface area (Å²) in [5.74, 6) is 0. The number of halogens is 1. The first-order chi connectivity index (χ1) is 12.6. The van der Waals surface area contributed by atoms with Gasteiger partial charge in [0.1, 0.15) is 0 Å². The van der Waals surface area contributed by atoms with Crippen LogP contribution in [0.4, 0.5) is 0 Å². The van der Waals surface area contributed by atoms with E-state index in [0.717, 1.165) is 31.1 Å². The standard InChI is InChI=1S/C23H25ClN2/c1-17(2)25-13-12-23-22(16-25)21(19-8-10-20(24)11-9-19)15-26(23)14-18-6-4-3-5-7-18/h3-11,15,17H,12-14,16H2,1-2H3. The van der Waals surface area contributed by atoms with Crippen molar-refractivity contribution < 1.29 is 0 Å². The summed E-state index contributed by atoms with van der Waals surface area (Å²) in [7, 11) is 0. The van der Waals surface area contributed by atoms with Gasteiger partial charge in [-0.05, 0) is 42.7 Å². The highest BCUT2D eigenvalue weighted by atomic mass is 35.5.